The van der Waals surface area contributed by atoms with E-state index in [2.05, 4.69) is 24.3 Å². The van der Waals surface area contributed by atoms with Gasteiger partial charge in [-0.2, -0.15) is 0 Å². The second-order valence-electron chi connectivity index (χ2n) is 5.51. The van der Waals surface area contributed by atoms with Crippen molar-refractivity contribution in [2.45, 2.75) is 25.6 Å². The van der Waals surface area contributed by atoms with Crippen LogP contribution in [-0.4, -0.2) is 56.4 Å². The third-order valence-corrected chi connectivity index (χ3v) is 3.33. The van der Waals surface area contributed by atoms with E-state index in [4.69, 9.17) is 16.3 Å². The van der Waals surface area contributed by atoms with Crippen LogP contribution in [0.2, 0.25) is 5.02 Å². The molecule has 0 saturated heterocycles. The summed E-state index contributed by atoms with van der Waals surface area (Å²) in [7, 11) is 4.16. The Morgan fingerprint density at radius 3 is 2.62 bits per heavy atom. The van der Waals surface area contributed by atoms with Gasteiger partial charge >= 0.3 is 0 Å². The number of benzene rings is 1. The summed E-state index contributed by atoms with van der Waals surface area (Å²) < 4.78 is 5.49. The predicted octanol–water partition coefficient (Wildman–Crippen LogP) is 2.15. The number of rotatable bonds is 11. The lowest BCUT2D eigenvalue weighted by molar-refractivity contribution is 0.0289. The topological polar surface area (TPSA) is 44.7 Å². The molecule has 21 heavy (non-hydrogen) atoms. The summed E-state index contributed by atoms with van der Waals surface area (Å²) in [4.78, 5) is 2.18. The summed E-state index contributed by atoms with van der Waals surface area (Å²) in [5, 5.41) is 13.8. The van der Waals surface area contributed by atoms with Crippen molar-refractivity contribution >= 4 is 11.6 Å². The van der Waals surface area contributed by atoms with Gasteiger partial charge in [0.05, 0.1) is 19.3 Å². The van der Waals surface area contributed by atoms with Gasteiger partial charge in [-0.25, -0.2) is 0 Å². The zero-order valence-electron chi connectivity index (χ0n) is 13.0. The first-order valence-corrected chi connectivity index (χ1v) is 7.81. The third-order valence-electron chi connectivity index (χ3n) is 3.08. The normalized spacial score (nSPS) is 12.8. The summed E-state index contributed by atoms with van der Waals surface area (Å²) in [6.07, 6.45) is 1.82. The average molecular weight is 315 g/mol. The van der Waals surface area contributed by atoms with Crippen molar-refractivity contribution in [1.29, 1.82) is 0 Å². The van der Waals surface area contributed by atoms with Crippen LogP contribution in [0.4, 0.5) is 0 Å². The van der Waals surface area contributed by atoms with Crippen LogP contribution >= 0.6 is 11.6 Å². The standard InChI is InChI=1S/C16H27ClN2O2/c1-19(2)10-4-3-9-18-11-16(20)13-21-12-14-5-7-15(17)8-6-14/h5-8,16,18,20H,3-4,9-13H2,1-2H3. The van der Waals surface area contributed by atoms with Crippen molar-refractivity contribution in [2.75, 3.05) is 40.3 Å². The number of ether oxygens (including phenoxy) is 1. The van der Waals surface area contributed by atoms with E-state index in [1.165, 1.54) is 6.42 Å². The number of aliphatic hydroxyl groups excluding tert-OH is 1. The lowest BCUT2D eigenvalue weighted by atomic mass is 10.2. The molecular weight excluding hydrogens is 288 g/mol. The molecule has 0 aliphatic rings. The SMILES string of the molecule is CN(C)CCCCNCC(O)COCc1ccc(Cl)cc1. The zero-order chi connectivity index (χ0) is 15.5. The van der Waals surface area contributed by atoms with Gasteiger partial charge in [-0.15, -0.1) is 0 Å². The van der Waals surface area contributed by atoms with Gasteiger partial charge in [-0.05, 0) is 57.7 Å². The number of unbranched alkanes of at least 4 members (excludes halogenated alkanes) is 1. The van der Waals surface area contributed by atoms with Crippen molar-refractivity contribution in [3.63, 3.8) is 0 Å². The second-order valence-corrected chi connectivity index (χ2v) is 5.95. The monoisotopic (exact) mass is 314 g/mol. The highest BCUT2D eigenvalue weighted by Crippen LogP contribution is 2.10. The minimum Gasteiger partial charge on any atom is -0.389 e. The van der Waals surface area contributed by atoms with Crippen LogP contribution in [0, 0.1) is 0 Å². The Hall–Kier alpha value is -0.650. The molecule has 0 amide bonds. The molecule has 1 atom stereocenters. The van der Waals surface area contributed by atoms with E-state index < -0.39 is 6.10 Å². The Morgan fingerprint density at radius 1 is 1.24 bits per heavy atom. The van der Waals surface area contributed by atoms with Crippen molar-refractivity contribution < 1.29 is 9.84 Å². The minimum absolute atomic E-state index is 0.341. The highest BCUT2D eigenvalue weighted by molar-refractivity contribution is 6.30. The van der Waals surface area contributed by atoms with Crippen molar-refractivity contribution in [1.82, 2.24) is 10.2 Å². The van der Waals surface area contributed by atoms with Gasteiger partial charge in [0.15, 0.2) is 0 Å². The minimum atomic E-state index is -0.467. The highest BCUT2D eigenvalue weighted by atomic mass is 35.5. The maximum atomic E-state index is 9.80. The molecule has 0 spiro atoms. The Labute approximate surface area is 133 Å². The molecule has 0 aliphatic heterocycles. The van der Waals surface area contributed by atoms with E-state index in [0.29, 0.717) is 19.8 Å². The van der Waals surface area contributed by atoms with Gasteiger partial charge in [-0.1, -0.05) is 23.7 Å². The fraction of sp³-hybridized carbons (Fsp3) is 0.625. The highest BCUT2D eigenvalue weighted by Gasteiger charge is 2.04. The second kappa shape index (κ2) is 11.0. The molecule has 1 aromatic carbocycles. The molecule has 0 radical (unpaired) electrons. The molecule has 0 bridgehead atoms. The Kier molecular flexibility index (Phi) is 9.63. The Bertz CT molecular complexity index is 371. The van der Waals surface area contributed by atoms with Crippen LogP contribution < -0.4 is 5.32 Å². The molecule has 120 valence electrons. The number of halogens is 1. The molecule has 0 fully saturated rings. The van der Waals surface area contributed by atoms with Crippen LogP contribution in [0.3, 0.4) is 0 Å². The van der Waals surface area contributed by atoms with Crippen LogP contribution in [0.1, 0.15) is 18.4 Å². The number of nitrogens with zero attached hydrogens (tertiary/aromatic N) is 1. The van der Waals surface area contributed by atoms with Gasteiger partial charge in [-0.3, -0.25) is 0 Å². The molecule has 0 aliphatic carbocycles. The fourth-order valence-corrected chi connectivity index (χ4v) is 2.03. The Morgan fingerprint density at radius 2 is 1.95 bits per heavy atom. The number of hydrogen-bond donors (Lipinski definition) is 2. The molecule has 1 rings (SSSR count). The lowest BCUT2D eigenvalue weighted by Gasteiger charge is -2.13. The number of nitrogens with one attached hydrogen (secondary N) is 1. The average Bonchev–Trinajstić information content (AvgIpc) is 2.44. The zero-order valence-corrected chi connectivity index (χ0v) is 13.8. The van der Waals surface area contributed by atoms with Crippen molar-refractivity contribution in [3.05, 3.63) is 34.9 Å². The van der Waals surface area contributed by atoms with E-state index in [-0.39, 0.29) is 0 Å². The first-order chi connectivity index (χ1) is 10.1. The largest absolute Gasteiger partial charge is 0.389 e. The molecule has 1 aromatic rings. The van der Waals surface area contributed by atoms with Gasteiger partial charge < -0.3 is 20.1 Å². The van der Waals surface area contributed by atoms with E-state index >= 15 is 0 Å². The molecule has 4 nitrogen and oxygen atoms in total. The molecule has 0 aromatic heterocycles. The fourth-order valence-electron chi connectivity index (χ4n) is 1.90. The molecule has 1 unspecified atom stereocenters. The van der Waals surface area contributed by atoms with Gasteiger partial charge in [0.25, 0.3) is 0 Å². The van der Waals surface area contributed by atoms with E-state index in [9.17, 15) is 5.11 Å². The quantitative estimate of drug-likeness (QED) is 0.614. The van der Waals surface area contributed by atoms with Crippen molar-refractivity contribution in [3.8, 4) is 0 Å². The summed E-state index contributed by atoms with van der Waals surface area (Å²) in [6, 6.07) is 7.54. The summed E-state index contributed by atoms with van der Waals surface area (Å²) in [5.74, 6) is 0. The first-order valence-electron chi connectivity index (χ1n) is 7.43. The lowest BCUT2D eigenvalue weighted by Crippen LogP contribution is -2.31. The molecule has 0 heterocycles. The maximum Gasteiger partial charge on any atom is 0.0897 e. The summed E-state index contributed by atoms with van der Waals surface area (Å²) >= 11 is 5.82. The van der Waals surface area contributed by atoms with Gasteiger partial charge in [0.2, 0.25) is 0 Å². The van der Waals surface area contributed by atoms with Crippen LogP contribution in [-0.2, 0) is 11.3 Å². The first kappa shape index (κ1) is 18.4. The third kappa shape index (κ3) is 9.82. The number of hydrogen-bond acceptors (Lipinski definition) is 4. The summed E-state index contributed by atoms with van der Waals surface area (Å²) in [6.45, 7) is 3.45. The van der Waals surface area contributed by atoms with Gasteiger partial charge in [0, 0.05) is 11.6 Å². The Balaban J connectivity index is 1.98. The van der Waals surface area contributed by atoms with Crippen LogP contribution in [0.25, 0.3) is 0 Å². The van der Waals surface area contributed by atoms with E-state index in [1.54, 1.807) is 0 Å². The predicted molar refractivity (Wildman–Crippen MR) is 87.8 cm³/mol. The van der Waals surface area contributed by atoms with Crippen molar-refractivity contribution in [2.24, 2.45) is 0 Å². The molecule has 2 N–H and O–H groups in total. The molecular formula is C16H27ClN2O2. The van der Waals surface area contributed by atoms with E-state index in [0.717, 1.165) is 30.1 Å². The maximum absolute atomic E-state index is 9.80. The van der Waals surface area contributed by atoms with Gasteiger partial charge in [0.1, 0.15) is 0 Å². The van der Waals surface area contributed by atoms with E-state index in [1.807, 2.05) is 24.3 Å². The molecule has 0 saturated carbocycles. The number of aliphatic hydroxyl groups is 1. The smallest absolute Gasteiger partial charge is 0.0897 e. The van der Waals surface area contributed by atoms with Crippen LogP contribution in [0.5, 0.6) is 0 Å². The summed E-state index contributed by atoms with van der Waals surface area (Å²) in [5.41, 5.74) is 1.06. The van der Waals surface area contributed by atoms with Crippen LogP contribution in [0.15, 0.2) is 24.3 Å². The molecule has 5 heteroatoms.